The Morgan fingerprint density at radius 3 is 2.87 bits per heavy atom. The van der Waals surface area contributed by atoms with Crippen molar-refractivity contribution in [3.63, 3.8) is 0 Å². The fourth-order valence-corrected chi connectivity index (χ4v) is 1.81. The molecule has 0 unspecified atom stereocenters. The third-order valence-electron chi connectivity index (χ3n) is 1.90. The Kier molecular flexibility index (Phi) is 2.46. The molecule has 2 aromatic heterocycles. The minimum absolute atomic E-state index is 0.250. The highest BCUT2D eigenvalue weighted by Crippen LogP contribution is 2.21. The van der Waals surface area contributed by atoms with Gasteiger partial charge in [-0.15, -0.1) is 11.3 Å². The lowest BCUT2D eigenvalue weighted by Crippen LogP contribution is -2.12. The molecule has 2 aromatic rings. The van der Waals surface area contributed by atoms with Crippen LogP contribution in [0, 0.1) is 13.8 Å². The van der Waals surface area contributed by atoms with Gasteiger partial charge in [0.25, 0.3) is 5.91 Å². The van der Waals surface area contributed by atoms with Crippen molar-refractivity contribution in [1.82, 2.24) is 20.4 Å². The number of hydrogen-bond acceptors (Lipinski definition) is 5. The van der Waals surface area contributed by atoms with Crippen LogP contribution in [0.5, 0.6) is 0 Å². The quantitative estimate of drug-likeness (QED) is 0.799. The molecule has 0 aliphatic carbocycles. The van der Waals surface area contributed by atoms with Gasteiger partial charge in [-0.3, -0.25) is 10.1 Å². The van der Waals surface area contributed by atoms with Crippen molar-refractivity contribution in [3.05, 3.63) is 22.5 Å². The zero-order valence-corrected chi connectivity index (χ0v) is 9.05. The molecule has 6 nitrogen and oxygen atoms in total. The largest absolute Gasteiger partial charge is 0.296 e. The van der Waals surface area contributed by atoms with Crippen LogP contribution in [-0.2, 0) is 0 Å². The highest BCUT2D eigenvalue weighted by atomic mass is 32.1. The molecule has 0 aromatic carbocycles. The number of nitrogens with one attached hydrogen (secondary N) is 2. The number of aromatic amines is 1. The first-order valence-electron chi connectivity index (χ1n) is 4.28. The van der Waals surface area contributed by atoms with Gasteiger partial charge in [-0.1, -0.05) is 0 Å². The number of rotatable bonds is 2. The highest BCUT2D eigenvalue weighted by Gasteiger charge is 2.11. The number of aryl methyl sites for hydroxylation is 2. The van der Waals surface area contributed by atoms with E-state index in [2.05, 4.69) is 25.7 Å². The number of thiazole rings is 1. The Hall–Kier alpha value is -1.76. The molecule has 0 atom stereocenters. The molecule has 0 aliphatic heterocycles. The summed E-state index contributed by atoms with van der Waals surface area (Å²) in [5.74, 6) is -0.308. The van der Waals surface area contributed by atoms with Crippen LogP contribution in [0.25, 0.3) is 0 Å². The monoisotopic (exact) mass is 223 g/mol. The number of amides is 1. The molecule has 0 bridgehead atoms. The van der Waals surface area contributed by atoms with Crippen LogP contribution in [-0.4, -0.2) is 26.3 Å². The van der Waals surface area contributed by atoms with Gasteiger partial charge in [0.2, 0.25) is 0 Å². The summed E-state index contributed by atoms with van der Waals surface area (Å²) in [6.45, 7) is 3.86. The van der Waals surface area contributed by atoms with E-state index < -0.39 is 0 Å². The molecule has 78 valence electrons. The van der Waals surface area contributed by atoms with E-state index in [0.717, 1.165) is 10.6 Å². The van der Waals surface area contributed by atoms with E-state index in [4.69, 9.17) is 0 Å². The first-order valence-corrected chi connectivity index (χ1v) is 5.09. The number of hydrogen-bond donors (Lipinski definition) is 2. The maximum atomic E-state index is 11.5. The number of carbonyl (C=O) groups excluding carboxylic acids is 1. The van der Waals surface area contributed by atoms with Crippen LogP contribution in [0.3, 0.4) is 0 Å². The van der Waals surface area contributed by atoms with Gasteiger partial charge in [-0.25, -0.2) is 4.98 Å². The maximum Gasteiger partial charge on any atom is 0.279 e. The molecular weight excluding hydrogens is 214 g/mol. The predicted molar refractivity (Wildman–Crippen MR) is 55.9 cm³/mol. The molecular formula is C8H9N5OS. The van der Waals surface area contributed by atoms with Crippen molar-refractivity contribution < 1.29 is 4.79 Å². The summed E-state index contributed by atoms with van der Waals surface area (Å²) >= 11 is 1.44. The molecule has 0 saturated carbocycles. The molecule has 0 aliphatic rings. The molecule has 0 saturated heterocycles. The third kappa shape index (κ3) is 2.01. The van der Waals surface area contributed by atoms with E-state index in [1.54, 1.807) is 0 Å². The molecule has 0 fully saturated rings. The highest BCUT2D eigenvalue weighted by molar-refractivity contribution is 7.15. The minimum atomic E-state index is -0.308. The van der Waals surface area contributed by atoms with Crippen molar-refractivity contribution >= 4 is 22.4 Å². The number of carbonyl (C=O) groups is 1. The molecule has 1 amide bonds. The van der Waals surface area contributed by atoms with Crippen LogP contribution in [0.15, 0.2) is 6.20 Å². The van der Waals surface area contributed by atoms with Crippen LogP contribution in [0.4, 0.5) is 5.13 Å². The number of nitrogens with zero attached hydrogens (tertiary/aromatic N) is 3. The van der Waals surface area contributed by atoms with Crippen molar-refractivity contribution in [2.24, 2.45) is 0 Å². The van der Waals surface area contributed by atoms with Crippen LogP contribution >= 0.6 is 11.3 Å². The van der Waals surface area contributed by atoms with E-state index >= 15 is 0 Å². The second kappa shape index (κ2) is 3.77. The van der Waals surface area contributed by atoms with Crippen LogP contribution in [0.1, 0.15) is 21.1 Å². The zero-order chi connectivity index (χ0) is 10.8. The van der Waals surface area contributed by atoms with Gasteiger partial charge in [0.1, 0.15) is 0 Å². The smallest absolute Gasteiger partial charge is 0.279 e. The average Bonchev–Trinajstić information content (AvgIpc) is 2.77. The molecule has 7 heteroatoms. The lowest BCUT2D eigenvalue weighted by Gasteiger charge is -1.95. The zero-order valence-electron chi connectivity index (χ0n) is 8.24. The van der Waals surface area contributed by atoms with Crippen molar-refractivity contribution in [2.45, 2.75) is 13.8 Å². The average molecular weight is 223 g/mol. The topological polar surface area (TPSA) is 83.6 Å². The third-order valence-corrected chi connectivity index (χ3v) is 2.88. The Bertz CT molecular complexity index is 456. The summed E-state index contributed by atoms with van der Waals surface area (Å²) in [6, 6.07) is 0. The molecule has 0 radical (unpaired) electrons. The lowest BCUT2D eigenvalue weighted by molar-refractivity contribution is 0.102. The van der Waals surface area contributed by atoms with Crippen molar-refractivity contribution in [3.8, 4) is 0 Å². The molecule has 0 spiro atoms. The molecule has 2 heterocycles. The van der Waals surface area contributed by atoms with Gasteiger partial charge >= 0.3 is 0 Å². The second-order valence-corrected chi connectivity index (χ2v) is 4.17. The maximum absolute atomic E-state index is 11.5. The van der Waals surface area contributed by atoms with Crippen LogP contribution < -0.4 is 5.32 Å². The fourth-order valence-electron chi connectivity index (χ4n) is 0.998. The SMILES string of the molecule is Cc1nc(NC(=O)c2cn[nH]n2)sc1C. The first-order chi connectivity index (χ1) is 7.16. The Balaban J connectivity index is 2.13. The Morgan fingerprint density at radius 1 is 1.53 bits per heavy atom. The molecule has 2 N–H and O–H groups in total. The summed E-state index contributed by atoms with van der Waals surface area (Å²) < 4.78 is 0. The summed E-state index contributed by atoms with van der Waals surface area (Å²) in [5.41, 5.74) is 1.18. The summed E-state index contributed by atoms with van der Waals surface area (Å²) in [5, 5.41) is 12.8. The first kappa shape index (κ1) is 9.78. The van der Waals surface area contributed by atoms with Gasteiger partial charge in [0, 0.05) is 4.88 Å². The van der Waals surface area contributed by atoms with Gasteiger partial charge in [0.15, 0.2) is 10.8 Å². The number of anilines is 1. The van der Waals surface area contributed by atoms with Gasteiger partial charge < -0.3 is 0 Å². The molecule has 15 heavy (non-hydrogen) atoms. The van der Waals surface area contributed by atoms with E-state index in [0.29, 0.717) is 5.13 Å². The normalized spacial score (nSPS) is 10.3. The van der Waals surface area contributed by atoms with E-state index in [1.165, 1.54) is 17.5 Å². The van der Waals surface area contributed by atoms with Crippen molar-refractivity contribution in [1.29, 1.82) is 0 Å². The second-order valence-electron chi connectivity index (χ2n) is 2.97. The summed E-state index contributed by atoms with van der Waals surface area (Å²) in [6.07, 6.45) is 1.36. The number of H-pyrrole nitrogens is 1. The Labute approximate surface area is 89.7 Å². The number of aromatic nitrogens is 4. The minimum Gasteiger partial charge on any atom is -0.296 e. The van der Waals surface area contributed by atoms with Gasteiger partial charge in [-0.05, 0) is 13.8 Å². The van der Waals surface area contributed by atoms with Gasteiger partial charge in [-0.2, -0.15) is 15.4 Å². The fraction of sp³-hybridized carbons (Fsp3) is 0.250. The van der Waals surface area contributed by atoms with Crippen molar-refractivity contribution in [2.75, 3.05) is 5.32 Å². The Morgan fingerprint density at radius 2 is 2.33 bits per heavy atom. The molecule has 2 rings (SSSR count). The lowest BCUT2D eigenvalue weighted by atomic mass is 10.4. The van der Waals surface area contributed by atoms with Crippen LogP contribution in [0.2, 0.25) is 0 Å². The predicted octanol–water partition coefficient (Wildman–Crippen LogP) is 1.13. The van der Waals surface area contributed by atoms with Gasteiger partial charge in [0.05, 0.1) is 11.9 Å². The summed E-state index contributed by atoms with van der Waals surface area (Å²) in [7, 11) is 0. The van der Waals surface area contributed by atoms with E-state index in [9.17, 15) is 4.79 Å². The van der Waals surface area contributed by atoms with E-state index in [-0.39, 0.29) is 11.6 Å². The standard InChI is InChI=1S/C8H9N5OS/c1-4-5(2)15-8(10-4)11-7(14)6-3-9-13-12-6/h3H,1-2H3,(H,9,12,13)(H,10,11,14). The summed E-state index contributed by atoms with van der Waals surface area (Å²) in [4.78, 5) is 16.8. The van der Waals surface area contributed by atoms with E-state index in [1.807, 2.05) is 13.8 Å².